The molecule has 4 rings (SSSR count). The average molecular weight is 440 g/mol. The zero-order chi connectivity index (χ0) is 19.8. The van der Waals surface area contributed by atoms with E-state index in [1.165, 1.54) is 23.9 Å². The largest absolute Gasteiger partial charge is 0.423 e. The molecule has 0 saturated heterocycles. The maximum Gasteiger partial charge on any atom is 0.336 e. The van der Waals surface area contributed by atoms with Gasteiger partial charge in [-0.15, -0.1) is 0 Å². The summed E-state index contributed by atoms with van der Waals surface area (Å²) in [6.45, 7) is 1.56. The van der Waals surface area contributed by atoms with E-state index < -0.39 is 5.63 Å². The monoisotopic (exact) mass is 439 g/mol. The second-order valence-corrected chi connectivity index (χ2v) is 7.24. The van der Waals surface area contributed by atoms with Gasteiger partial charge in [0.15, 0.2) is 0 Å². The van der Waals surface area contributed by atoms with Crippen molar-refractivity contribution in [1.82, 2.24) is 9.55 Å². The smallest absolute Gasteiger partial charge is 0.336 e. The third-order valence-corrected chi connectivity index (χ3v) is 4.77. The molecule has 7 nitrogen and oxygen atoms in total. The number of carbonyl (C=O) groups is 1. The van der Waals surface area contributed by atoms with E-state index in [1.54, 1.807) is 30.3 Å². The van der Waals surface area contributed by atoms with E-state index >= 15 is 0 Å². The fourth-order valence-corrected chi connectivity index (χ4v) is 3.43. The molecule has 2 heterocycles. The summed E-state index contributed by atoms with van der Waals surface area (Å²) < 4.78 is 7.50. The van der Waals surface area contributed by atoms with Gasteiger partial charge in [-0.3, -0.25) is 14.2 Å². The normalized spacial score (nSPS) is 11.1. The first-order chi connectivity index (χ1) is 13.4. The number of benzene rings is 2. The van der Waals surface area contributed by atoms with E-state index in [2.05, 4.69) is 26.2 Å². The van der Waals surface area contributed by atoms with Crippen LogP contribution in [0, 0.1) is 0 Å². The summed E-state index contributed by atoms with van der Waals surface area (Å²) in [5.41, 5.74) is 1.34. The van der Waals surface area contributed by atoms with Gasteiger partial charge in [-0.25, -0.2) is 9.78 Å². The van der Waals surface area contributed by atoms with Crippen LogP contribution in [-0.2, 0) is 11.3 Å². The molecule has 1 amide bonds. The number of carbonyl (C=O) groups excluding carboxylic acids is 1. The first-order valence-electron chi connectivity index (χ1n) is 8.40. The van der Waals surface area contributed by atoms with Gasteiger partial charge in [0.2, 0.25) is 5.91 Å². The molecule has 0 aliphatic carbocycles. The zero-order valence-corrected chi connectivity index (χ0v) is 16.3. The van der Waals surface area contributed by atoms with Gasteiger partial charge >= 0.3 is 5.63 Å². The first-order valence-corrected chi connectivity index (χ1v) is 9.19. The number of nitrogens with one attached hydrogen (secondary N) is 1. The number of nitrogens with zero attached hydrogens (tertiary/aromatic N) is 2. The molecule has 2 aromatic carbocycles. The average Bonchev–Trinajstić information content (AvgIpc) is 2.63. The van der Waals surface area contributed by atoms with Gasteiger partial charge in [0.1, 0.15) is 5.58 Å². The van der Waals surface area contributed by atoms with Gasteiger partial charge in [-0.1, -0.05) is 15.9 Å². The summed E-state index contributed by atoms with van der Waals surface area (Å²) in [7, 11) is 0. The number of aromatic nitrogens is 2. The molecule has 8 heteroatoms. The van der Waals surface area contributed by atoms with Crippen LogP contribution in [0.4, 0.5) is 5.69 Å². The highest BCUT2D eigenvalue weighted by atomic mass is 79.9. The molecule has 28 heavy (non-hydrogen) atoms. The van der Waals surface area contributed by atoms with Crippen LogP contribution in [0.25, 0.3) is 21.9 Å². The lowest BCUT2D eigenvalue weighted by atomic mass is 10.1. The van der Waals surface area contributed by atoms with Crippen molar-refractivity contribution in [1.29, 1.82) is 0 Å². The molecule has 0 aliphatic rings. The van der Waals surface area contributed by atoms with E-state index in [1.807, 2.05) is 6.07 Å². The summed E-state index contributed by atoms with van der Waals surface area (Å²) in [6, 6.07) is 11.7. The van der Waals surface area contributed by atoms with Crippen LogP contribution in [0.2, 0.25) is 0 Å². The van der Waals surface area contributed by atoms with Crippen molar-refractivity contribution >= 4 is 49.4 Å². The van der Waals surface area contributed by atoms with Gasteiger partial charge in [0.05, 0.1) is 23.8 Å². The van der Waals surface area contributed by atoms with Crippen LogP contribution in [0.5, 0.6) is 0 Å². The second kappa shape index (κ2) is 7.05. The van der Waals surface area contributed by atoms with E-state index in [4.69, 9.17) is 4.42 Å². The minimum Gasteiger partial charge on any atom is -0.423 e. The number of rotatable bonds is 3. The lowest BCUT2D eigenvalue weighted by Crippen LogP contribution is -2.21. The van der Waals surface area contributed by atoms with Gasteiger partial charge in [-0.2, -0.15) is 0 Å². The van der Waals surface area contributed by atoms with E-state index in [9.17, 15) is 14.4 Å². The number of hydrogen-bond donors (Lipinski definition) is 1. The molecule has 0 atom stereocenters. The fourth-order valence-electron chi connectivity index (χ4n) is 3.07. The molecule has 0 radical (unpaired) electrons. The highest BCUT2D eigenvalue weighted by Gasteiger charge is 2.11. The highest BCUT2D eigenvalue weighted by molar-refractivity contribution is 9.10. The van der Waals surface area contributed by atoms with Crippen molar-refractivity contribution in [3.05, 3.63) is 79.6 Å². The molecule has 0 fully saturated rings. The van der Waals surface area contributed by atoms with Crippen LogP contribution >= 0.6 is 15.9 Å². The van der Waals surface area contributed by atoms with Gasteiger partial charge in [-0.05, 0) is 35.9 Å². The third kappa shape index (κ3) is 3.46. The number of hydrogen-bond acceptors (Lipinski definition) is 5. The Bertz CT molecular complexity index is 1360. The summed E-state index contributed by atoms with van der Waals surface area (Å²) in [5.74, 6) is -0.224. The summed E-state index contributed by atoms with van der Waals surface area (Å²) in [6.07, 6.45) is 1.46. The lowest BCUT2D eigenvalue weighted by molar-refractivity contribution is -0.114. The molecule has 0 spiro atoms. The Hall–Kier alpha value is -3.26. The maximum absolute atomic E-state index is 12.8. The van der Waals surface area contributed by atoms with E-state index in [0.717, 1.165) is 4.47 Å². The molecular weight excluding hydrogens is 426 g/mol. The van der Waals surface area contributed by atoms with E-state index in [0.29, 0.717) is 33.1 Å². The molecular formula is C20H14BrN3O4. The van der Waals surface area contributed by atoms with Gasteiger partial charge in [0.25, 0.3) is 5.56 Å². The molecule has 140 valence electrons. The number of amides is 1. The molecule has 4 aromatic rings. The van der Waals surface area contributed by atoms with Crippen LogP contribution in [0.3, 0.4) is 0 Å². The molecule has 0 unspecified atom stereocenters. The Labute approximate surface area is 166 Å². The SMILES string of the molecule is CC(=O)Nc1ccc2c(Cn3cnc4ccc(Br)cc4c3=O)cc(=O)oc2c1. The summed E-state index contributed by atoms with van der Waals surface area (Å²) in [4.78, 5) is 40.4. The van der Waals surface area contributed by atoms with Gasteiger partial charge < -0.3 is 9.73 Å². The topological polar surface area (TPSA) is 94.2 Å². The summed E-state index contributed by atoms with van der Waals surface area (Å²) in [5, 5.41) is 3.81. The predicted octanol–water partition coefficient (Wildman–Crippen LogP) is 3.27. The second-order valence-electron chi connectivity index (χ2n) is 6.32. The van der Waals surface area contributed by atoms with E-state index in [-0.39, 0.29) is 18.0 Å². The third-order valence-electron chi connectivity index (χ3n) is 4.28. The zero-order valence-electron chi connectivity index (χ0n) is 14.7. The Balaban J connectivity index is 1.82. The van der Waals surface area contributed by atoms with Crippen LogP contribution in [0.15, 0.2) is 67.3 Å². The van der Waals surface area contributed by atoms with Crippen molar-refractivity contribution in [3.8, 4) is 0 Å². The van der Waals surface area contributed by atoms with Crippen LogP contribution in [0.1, 0.15) is 12.5 Å². The van der Waals surface area contributed by atoms with Crippen molar-refractivity contribution in [2.24, 2.45) is 0 Å². The van der Waals surface area contributed by atoms with Gasteiger partial charge in [0, 0.05) is 34.6 Å². The molecule has 0 saturated carbocycles. The van der Waals surface area contributed by atoms with Crippen LogP contribution < -0.4 is 16.5 Å². The first kappa shape index (κ1) is 18.1. The Morgan fingerprint density at radius 1 is 1.14 bits per heavy atom. The molecule has 0 aliphatic heterocycles. The number of halogens is 1. The highest BCUT2D eigenvalue weighted by Crippen LogP contribution is 2.22. The Morgan fingerprint density at radius 2 is 1.96 bits per heavy atom. The molecule has 0 bridgehead atoms. The molecule has 2 aromatic heterocycles. The van der Waals surface area contributed by atoms with Crippen molar-refractivity contribution < 1.29 is 9.21 Å². The quantitative estimate of drug-likeness (QED) is 0.494. The number of anilines is 1. The Morgan fingerprint density at radius 3 is 2.75 bits per heavy atom. The Kier molecular flexibility index (Phi) is 4.56. The maximum atomic E-state index is 12.8. The van der Waals surface area contributed by atoms with Crippen molar-refractivity contribution in [3.63, 3.8) is 0 Å². The summed E-state index contributed by atoms with van der Waals surface area (Å²) >= 11 is 3.36. The fraction of sp³-hybridized carbons (Fsp3) is 0.100. The molecule has 1 N–H and O–H groups in total. The van der Waals surface area contributed by atoms with Crippen LogP contribution in [-0.4, -0.2) is 15.5 Å². The van der Waals surface area contributed by atoms with Crippen molar-refractivity contribution in [2.75, 3.05) is 5.32 Å². The predicted molar refractivity (Wildman–Crippen MR) is 110 cm³/mol. The minimum atomic E-state index is -0.535. The number of fused-ring (bicyclic) bond motifs is 2. The standard InChI is InChI=1S/C20H14BrN3O4/c1-11(25)23-14-3-4-15-12(6-19(26)28-18(15)8-14)9-24-10-22-17-5-2-13(21)7-16(17)20(24)27/h2-8,10H,9H2,1H3,(H,23,25). The lowest BCUT2D eigenvalue weighted by Gasteiger charge is -2.10. The van der Waals surface area contributed by atoms with Crippen molar-refractivity contribution in [2.45, 2.75) is 13.5 Å². The minimum absolute atomic E-state index is 0.163.